The molecule has 0 unspecified atom stereocenters. The molecule has 3 amide bonds. The predicted octanol–water partition coefficient (Wildman–Crippen LogP) is 0.905. The molecule has 1 aromatic heterocycles. The summed E-state index contributed by atoms with van der Waals surface area (Å²) in [5.74, 6) is -0.304. The van der Waals surface area contributed by atoms with Gasteiger partial charge in [-0.1, -0.05) is 12.1 Å². The Hall–Kier alpha value is -2.96. The summed E-state index contributed by atoms with van der Waals surface area (Å²) in [6.45, 7) is 1.56. The Bertz CT molecular complexity index is 791. The van der Waals surface area contributed by atoms with Crippen molar-refractivity contribution < 1.29 is 14.4 Å². The second kappa shape index (κ2) is 6.16. The standard InChI is InChI=1S/C18H18N4O3/c23-16-5-6-17(24)22(16)15-10-21(11-15)18(25)14-3-1-13(2-4-14)9-20-8-7-19-12-20/h1-4,7-8,12,15H,5-6,9-11H2. The van der Waals surface area contributed by atoms with Crippen LogP contribution in [0.1, 0.15) is 28.8 Å². The van der Waals surface area contributed by atoms with Crippen LogP contribution in [0.2, 0.25) is 0 Å². The molecule has 0 spiro atoms. The highest BCUT2D eigenvalue weighted by Crippen LogP contribution is 2.23. The first-order chi connectivity index (χ1) is 12.1. The average Bonchev–Trinajstić information content (AvgIpc) is 3.19. The van der Waals surface area contributed by atoms with Crippen LogP contribution in [0.4, 0.5) is 0 Å². The number of imidazole rings is 1. The molecule has 7 nitrogen and oxygen atoms in total. The number of carbonyl (C=O) groups is 3. The molecular formula is C18H18N4O3. The van der Waals surface area contributed by atoms with E-state index in [1.54, 1.807) is 17.4 Å². The Morgan fingerprint density at radius 2 is 1.76 bits per heavy atom. The molecule has 0 atom stereocenters. The highest BCUT2D eigenvalue weighted by Gasteiger charge is 2.42. The van der Waals surface area contributed by atoms with Crippen LogP contribution in [0.15, 0.2) is 43.0 Å². The molecule has 1 aromatic carbocycles. The lowest BCUT2D eigenvalue weighted by Gasteiger charge is -2.43. The predicted molar refractivity (Wildman–Crippen MR) is 88.5 cm³/mol. The highest BCUT2D eigenvalue weighted by molar-refractivity contribution is 6.03. The number of carbonyl (C=O) groups excluding carboxylic acids is 3. The van der Waals surface area contributed by atoms with Crippen LogP contribution in [0, 0.1) is 0 Å². The van der Waals surface area contributed by atoms with Gasteiger partial charge < -0.3 is 9.47 Å². The van der Waals surface area contributed by atoms with Crippen LogP contribution in [-0.2, 0) is 16.1 Å². The molecule has 4 rings (SSSR count). The molecule has 2 aromatic rings. The first-order valence-electron chi connectivity index (χ1n) is 8.30. The molecule has 3 heterocycles. The molecule has 2 saturated heterocycles. The van der Waals surface area contributed by atoms with E-state index in [1.807, 2.05) is 35.0 Å². The van der Waals surface area contributed by atoms with E-state index in [1.165, 1.54) is 4.90 Å². The van der Waals surface area contributed by atoms with Crippen molar-refractivity contribution in [2.45, 2.75) is 25.4 Å². The van der Waals surface area contributed by atoms with Crippen molar-refractivity contribution in [3.8, 4) is 0 Å². The quantitative estimate of drug-likeness (QED) is 0.777. The third-order valence-corrected chi connectivity index (χ3v) is 4.73. The van der Waals surface area contributed by atoms with Gasteiger partial charge in [0.1, 0.15) is 0 Å². The maximum Gasteiger partial charge on any atom is 0.253 e. The fourth-order valence-electron chi connectivity index (χ4n) is 3.31. The van der Waals surface area contributed by atoms with E-state index >= 15 is 0 Å². The number of hydrogen-bond acceptors (Lipinski definition) is 4. The third kappa shape index (κ3) is 2.93. The average molecular weight is 338 g/mol. The van der Waals surface area contributed by atoms with Gasteiger partial charge in [0.2, 0.25) is 11.8 Å². The summed E-state index contributed by atoms with van der Waals surface area (Å²) >= 11 is 0. The fourth-order valence-corrected chi connectivity index (χ4v) is 3.31. The minimum Gasteiger partial charge on any atom is -0.334 e. The molecule has 7 heteroatoms. The molecule has 0 radical (unpaired) electrons. The molecule has 0 N–H and O–H groups in total. The van der Waals surface area contributed by atoms with Gasteiger partial charge in [-0.25, -0.2) is 4.98 Å². The van der Waals surface area contributed by atoms with E-state index in [0.717, 1.165) is 5.56 Å². The first kappa shape index (κ1) is 15.6. The Morgan fingerprint density at radius 1 is 1.08 bits per heavy atom. The van der Waals surface area contributed by atoms with Crippen LogP contribution < -0.4 is 0 Å². The van der Waals surface area contributed by atoms with Gasteiger partial charge in [-0.2, -0.15) is 0 Å². The largest absolute Gasteiger partial charge is 0.334 e. The minimum atomic E-state index is -0.160. The topological polar surface area (TPSA) is 75.5 Å². The number of hydrogen-bond donors (Lipinski definition) is 0. The molecule has 2 aliphatic rings. The summed E-state index contributed by atoms with van der Waals surface area (Å²) < 4.78 is 1.96. The Labute approximate surface area is 144 Å². The lowest BCUT2D eigenvalue weighted by atomic mass is 10.0. The molecule has 25 heavy (non-hydrogen) atoms. The smallest absolute Gasteiger partial charge is 0.253 e. The van der Waals surface area contributed by atoms with Crippen LogP contribution in [0.25, 0.3) is 0 Å². The van der Waals surface area contributed by atoms with E-state index in [0.29, 0.717) is 38.0 Å². The molecule has 0 saturated carbocycles. The van der Waals surface area contributed by atoms with Crippen molar-refractivity contribution in [3.05, 3.63) is 54.1 Å². The molecule has 0 bridgehead atoms. The highest BCUT2D eigenvalue weighted by atomic mass is 16.2. The summed E-state index contributed by atoms with van der Waals surface area (Å²) in [5.41, 5.74) is 1.70. The molecule has 2 fully saturated rings. The van der Waals surface area contributed by atoms with E-state index in [4.69, 9.17) is 0 Å². The van der Waals surface area contributed by atoms with Gasteiger partial charge >= 0.3 is 0 Å². The third-order valence-electron chi connectivity index (χ3n) is 4.73. The summed E-state index contributed by atoms with van der Waals surface area (Å²) in [6.07, 6.45) is 5.96. The van der Waals surface area contributed by atoms with Gasteiger partial charge in [0, 0.05) is 50.4 Å². The Kier molecular flexibility index (Phi) is 3.83. The van der Waals surface area contributed by atoms with E-state index in [2.05, 4.69) is 4.98 Å². The monoisotopic (exact) mass is 338 g/mol. The second-order valence-corrected chi connectivity index (χ2v) is 6.45. The maximum atomic E-state index is 12.5. The fraction of sp³-hybridized carbons (Fsp3) is 0.333. The van der Waals surface area contributed by atoms with Crippen molar-refractivity contribution in [2.75, 3.05) is 13.1 Å². The zero-order valence-corrected chi connectivity index (χ0v) is 13.7. The number of imide groups is 1. The maximum absolute atomic E-state index is 12.5. The SMILES string of the molecule is O=C(c1ccc(Cn2ccnc2)cc1)N1CC(N2C(=O)CCC2=O)C1. The van der Waals surface area contributed by atoms with E-state index in [-0.39, 0.29) is 23.8 Å². The number of amides is 3. The molecular weight excluding hydrogens is 320 g/mol. The zero-order valence-electron chi connectivity index (χ0n) is 13.7. The lowest BCUT2D eigenvalue weighted by Crippen LogP contribution is -2.62. The number of likely N-dealkylation sites (tertiary alicyclic amines) is 2. The normalized spacial score (nSPS) is 17.9. The summed E-state index contributed by atoms with van der Waals surface area (Å²) in [5, 5.41) is 0. The Morgan fingerprint density at radius 3 is 2.36 bits per heavy atom. The number of rotatable bonds is 4. The molecule has 128 valence electrons. The molecule has 0 aliphatic carbocycles. The van der Waals surface area contributed by atoms with E-state index in [9.17, 15) is 14.4 Å². The van der Waals surface area contributed by atoms with Gasteiger partial charge in [-0.3, -0.25) is 19.3 Å². The number of benzene rings is 1. The van der Waals surface area contributed by atoms with Crippen molar-refractivity contribution in [1.29, 1.82) is 0 Å². The second-order valence-electron chi connectivity index (χ2n) is 6.45. The van der Waals surface area contributed by atoms with Crippen LogP contribution >= 0.6 is 0 Å². The van der Waals surface area contributed by atoms with Crippen LogP contribution in [0.3, 0.4) is 0 Å². The Balaban J connectivity index is 1.36. The summed E-state index contributed by atoms with van der Waals surface area (Å²) in [7, 11) is 0. The van der Waals surface area contributed by atoms with Crippen molar-refractivity contribution in [2.24, 2.45) is 0 Å². The van der Waals surface area contributed by atoms with Gasteiger partial charge in [0.15, 0.2) is 0 Å². The van der Waals surface area contributed by atoms with Crippen LogP contribution in [0.5, 0.6) is 0 Å². The lowest BCUT2D eigenvalue weighted by molar-refractivity contribution is -0.144. The summed E-state index contributed by atoms with van der Waals surface area (Å²) in [4.78, 5) is 43.0. The van der Waals surface area contributed by atoms with E-state index < -0.39 is 0 Å². The zero-order chi connectivity index (χ0) is 17.4. The van der Waals surface area contributed by atoms with Gasteiger partial charge in [0.25, 0.3) is 5.91 Å². The van der Waals surface area contributed by atoms with Crippen molar-refractivity contribution >= 4 is 17.7 Å². The van der Waals surface area contributed by atoms with Crippen LogP contribution in [-0.4, -0.2) is 56.2 Å². The minimum absolute atomic E-state index is 0.0653. The van der Waals surface area contributed by atoms with Crippen molar-refractivity contribution in [1.82, 2.24) is 19.4 Å². The molecule has 2 aliphatic heterocycles. The van der Waals surface area contributed by atoms with Gasteiger partial charge in [0.05, 0.1) is 12.4 Å². The van der Waals surface area contributed by atoms with Gasteiger partial charge in [-0.05, 0) is 17.7 Å². The van der Waals surface area contributed by atoms with Crippen molar-refractivity contribution in [3.63, 3.8) is 0 Å². The number of nitrogens with zero attached hydrogens (tertiary/aromatic N) is 4. The summed E-state index contributed by atoms with van der Waals surface area (Å²) in [6, 6.07) is 7.32. The number of aromatic nitrogens is 2. The van der Waals surface area contributed by atoms with Gasteiger partial charge in [-0.15, -0.1) is 0 Å². The first-order valence-corrected chi connectivity index (χ1v) is 8.30.